The standard InChI is InChI=1S/C30H33FN2O6S/c1-19(2)40(36,37)39-26-15-22-14-24(16-26)28(34)33-27(23-8-10-25(31)11-9-23)12-7-20-5-4-6-21(13-20)17-30(3,32)29(35)38-18-22/h4-6,8-11,13-16,19,27H,7,12,17-18,32H2,1-3H3,(H,33,34). The normalized spacial score (nSPS) is 20.5. The van der Waals surface area contributed by atoms with E-state index in [9.17, 15) is 22.4 Å². The molecule has 0 aliphatic carbocycles. The summed E-state index contributed by atoms with van der Waals surface area (Å²) in [5.74, 6) is -1.62. The third-order valence-corrected chi connectivity index (χ3v) is 8.30. The average Bonchev–Trinajstić information content (AvgIpc) is 2.89. The Morgan fingerprint density at radius 2 is 1.73 bits per heavy atom. The maximum Gasteiger partial charge on any atom is 0.326 e. The lowest BCUT2D eigenvalue weighted by molar-refractivity contribution is -0.150. The van der Waals surface area contributed by atoms with Gasteiger partial charge in [-0.05, 0) is 86.2 Å². The van der Waals surface area contributed by atoms with Crippen LogP contribution in [0.5, 0.6) is 5.75 Å². The van der Waals surface area contributed by atoms with Crippen LogP contribution in [0, 0.1) is 5.82 Å². The van der Waals surface area contributed by atoms with Gasteiger partial charge in [-0.15, -0.1) is 0 Å². The Hall–Kier alpha value is -3.76. The summed E-state index contributed by atoms with van der Waals surface area (Å²) in [6, 6.07) is 17.3. The van der Waals surface area contributed by atoms with Crippen LogP contribution in [-0.4, -0.2) is 31.1 Å². The van der Waals surface area contributed by atoms with Gasteiger partial charge in [-0.3, -0.25) is 9.59 Å². The fraction of sp³-hybridized carbons (Fsp3) is 0.333. The third-order valence-electron chi connectivity index (χ3n) is 6.72. The molecule has 0 saturated heterocycles. The predicted molar refractivity (Wildman–Crippen MR) is 149 cm³/mol. The van der Waals surface area contributed by atoms with E-state index in [1.54, 1.807) is 19.1 Å². The summed E-state index contributed by atoms with van der Waals surface area (Å²) in [5.41, 5.74) is 8.02. The average molecular weight is 569 g/mol. The van der Waals surface area contributed by atoms with Crippen molar-refractivity contribution in [3.05, 3.63) is 100 Å². The number of ether oxygens (including phenoxy) is 1. The van der Waals surface area contributed by atoms with Gasteiger partial charge in [0.2, 0.25) is 0 Å². The van der Waals surface area contributed by atoms with Crippen molar-refractivity contribution in [2.45, 2.75) is 63.5 Å². The Morgan fingerprint density at radius 1 is 1.02 bits per heavy atom. The smallest absolute Gasteiger partial charge is 0.326 e. The van der Waals surface area contributed by atoms with E-state index in [0.29, 0.717) is 24.0 Å². The molecule has 0 aromatic heterocycles. The summed E-state index contributed by atoms with van der Waals surface area (Å²) >= 11 is 0. The summed E-state index contributed by atoms with van der Waals surface area (Å²) in [6.07, 6.45) is 1.30. The lowest BCUT2D eigenvalue weighted by Crippen LogP contribution is -2.48. The molecular weight excluding hydrogens is 535 g/mol. The minimum absolute atomic E-state index is 0.0858. The summed E-state index contributed by atoms with van der Waals surface area (Å²) in [7, 11) is -3.97. The number of nitrogens with two attached hydrogens (primary N) is 1. The number of benzene rings is 3. The molecule has 1 aliphatic rings. The number of fused-ring (bicyclic) bond motifs is 4. The first-order chi connectivity index (χ1) is 18.8. The van der Waals surface area contributed by atoms with E-state index in [0.717, 1.165) is 11.1 Å². The van der Waals surface area contributed by atoms with E-state index < -0.39 is 44.6 Å². The topological polar surface area (TPSA) is 125 Å². The highest BCUT2D eigenvalue weighted by Gasteiger charge is 2.31. The van der Waals surface area contributed by atoms with Crippen molar-refractivity contribution in [3.63, 3.8) is 0 Å². The second-order valence-corrected chi connectivity index (χ2v) is 12.7. The summed E-state index contributed by atoms with van der Waals surface area (Å²) in [4.78, 5) is 26.4. The van der Waals surface area contributed by atoms with Gasteiger partial charge in [-0.25, -0.2) is 4.39 Å². The van der Waals surface area contributed by atoms with Gasteiger partial charge in [0.15, 0.2) is 0 Å². The molecule has 1 amide bonds. The molecule has 3 N–H and O–H groups in total. The van der Waals surface area contributed by atoms with Crippen molar-refractivity contribution >= 4 is 22.0 Å². The molecule has 3 aromatic carbocycles. The number of hydrogen-bond donors (Lipinski definition) is 2. The first-order valence-corrected chi connectivity index (χ1v) is 14.5. The van der Waals surface area contributed by atoms with Gasteiger partial charge in [-0.1, -0.05) is 36.4 Å². The van der Waals surface area contributed by atoms with Crippen LogP contribution in [-0.2, 0) is 39.1 Å². The van der Waals surface area contributed by atoms with Crippen LogP contribution in [0.3, 0.4) is 0 Å². The van der Waals surface area contributed by atoms with Gasteiger partial charge >= 0.3 is 16.1 Å². The molecule has 10 heteroatoms. The second-order valence-electron chi connectivity index (χ2n) is 10.6. The van der Waals surface area contributed by atoms with E-state index in [4.69, 9.17) is 14.7 Å². The van der Waals surface area contributed by atoms with E-state index in [2.05, 4.69) is 5.32 Å². The van der Waals surface area contributed by atoms with Crippen molar-refractivity contribution in [2.24, 2.45) is 5.73 Å². The number of carbonyl (C=O) groups excluding carboxylic acids is 2. The Bertz CT molecular complexity index is 1500. The van der Waals surface area contributed by atoms with Crippen molar-refractivity contribution in [2.75, 3.05) is 0 Å². The van der Waals surface area contributed by atoms with Gasteiger partial charge in [0.25, 0.3) is 5.91 Å². The summed E-state index contributed by atoms with van der Waals surface area (Å²) in [5, 5.41) is 2.17. The van der Waals surface area contributed by atoms with Crippen molar-refractivity contribution < 1.29 is 31.3 Å². The number of carbonyl (C=O) groups is 2. The molecule has 0 radical (unpaired) electrons. The van der Waals surface area contributed by atoms with Gasteiger partial charge in [0.05, 0.1) is 11.3 Å². The number of esters is 1. The summed E-state index contributed by atoms with van der Waals surface area (Å²) in [6.45, 7) is 4.28. The Labute approximate surface area is 233 Å². The van der Waals surface area contributed by atoms with Crippen LogP contribution in [0.4, 0.5) is 4.39 Å². The van der Waals surface area contributed by atoms with Gasteiger partial charge in [-0.2, -0.15) is 8.42 Å². The molecule has 1 heterocycles. The van der Waals surface area contributed by atoms with E-state index in [1.807, 2.05) is 24.3 Å². The number of aryl methyl sites for hydroxylation is 1. The molecule has 3 aromatic rings. The maximum atomic E-state index is 13.7. The van der Waals surface area contributed by atoms with Crippen LogP contribution < -0.4 is 15.2 Å². The number of halogens is 1. The molecule has 0 saturated carbocycles. The number of rotatable bonds is 4. The largest absolute Gasteiger partial charge is 0.459 e. The molecule has 2 unspecified atom stereocenters. The van der Waals surface area contributed by atoms with E-state index in [1.165, 1.54) is 44.2 Å². The van der Waals surface area contributed by atoms with Gasteiger partial charge < -0.3 is 20.0 Å². The lowest BCUT2D eigenvalue weighted by atomic mass is 9.91. The molecule has 40 heavy (non-hydrogen) atoms. The van der Waals surface area contributed by atoms with E-state index in [-0.39, 0.29) is 24.3 Å². The zero-order chi connectivity index (χ0) is 29.1. The fourth-order valence-corrected chi connectivity index (χ4v) is 4.99. The lowest BCUT2D eigenvalue weighted by Gasteiger charge is -2.24. The number of cyclic esters (lactones) is 1. The Kier molecular flexibility index (Phi) is 8.60. The highest BCUT2D eigenvalue weighted by molar-refractivity contribution is 7.87. The SMILES string of the molecule is CC(C)S(=O)(=O)Oc1cc2cc(c1)C(=O)NC(c1ccc(F)cc1)CCc1cccc(c1)CC(C)(N)C(=O)OC2. The minimum atomic E-state index is -3.97. The number of hydrogen-bond acceptors (Lipinski definition) is 7. The second kappa shape index (κ2) is 11.8. The molecule has 1 aliphatic heterocycles. The zero-order valence-electron chi connectivity index (χ0n) is 22.6. The van der Waals surface area contributed by atoms with E-state index >= 15 is 0 Å². The van der Waals surface area contributed by atoms with Crippen molar-refractivity contribution in [1.82, 2.24) is 5.32 Å². The van der Waals surface area contributed by atoms with Crippen LogP contribution in [0.2, 0.25) is 0 Å². The molecule has 2 atom stereocenters. The molecule has 4 rings (SSSR count). The molecule has 212 valence electrons. The fourth-order valence-electron chi connectivity index (χ4n) is 4.43. The minimum Gasteiger partial charge on any atom is -0.459 e. The first kappa shape index (κ1) is 29.2. The third kappa shape index (κ3) is 7.25. The number of amides is 1. The highest BCUT2D eigenvalue weighted by atomic mass is 32.2. The Morgan fingerprint density at radius 3 is 2.42 bits per heavy atom. The van der Waals surface area contributed by atoms with Gasteiger partial charge in [0.1, 0.15) is 23.7 Å². The molecule has 4 bridgehead atoms. The first-order valence-electron chi connectivity index (χ1n) is 13.0. The molecular formula is C30H33FN2O6S. The monoisotopic (exact) mass is 568 g/mol. The predicted octanol–water partition coefficient (Wildman–Crippen LogP) is 4.36. The van der Waals surface area contributed by atoms with Crippen LogP contribution in [0.25, 0.3) is 0 Å². The van der Waals surface area contributed by atoms with Crippen LogP contribution in [0.15, 0.2) is 66.7 Å². The van der Waals surface area contributed by atoms with Crippen molar-refractivity contribution in [3.8, 4) is 5.75 Å². The molecule has 0 fully saturated rings. The zero-order valence-corrected chi connectivity index (χ0v) is 23.5. The molecule has 8 nitrogen and oxygen atoms in total. The number of nitrogens with one attached hydrogen (secondary N) is 1. The Balaban J connectivity index is 1.76. The molecule has 0 spiro atoms. The van der Waals surface area contributed by atoms with Gasteiger partial charge in [0, 0.05) is 12.0 Å². The van der Waals surface area contributed by atoms with Crippen LogP contribution >= 0.6 is 0 Å². The highest BCUT2D eigenvalue weighted by Crippen LogP contribution is 2.26. The maximum absolute atomic E-state index is 13.7. The van der Waals surface area contributed by atoms with Crippen molar-refractivity contribution in [1.29, 1.82) is 0 Å². The van der Waals surface area contributed by atoms with Crippen LogP contribution in [0.1, 0.15) is 65.8 Å². The summed E-state index contributed by atoms with van der Waals surface area (Å²) < 4.78 is 49.4. The quantitative estimate of drug-likeness (QED) is 0.354.